The van der Waals surface area contributed by atoms with Gasteiger partial charge < -0.3 is 9.80 Å². The standard InChI is InChI=1S/C18H25N3O3S2/c1-5-12(2)17(22)19-18-21(14-8-6-13(7-9-14)20(3)4)15-10-26(23,24)11-16(15)25-18/h6-9,12,15-16H,5,10-11H2,1-4H3/t12-,15-,16-/m0/s1. The van der Waals surface area contributed by atoms with Gasteiger partial charge in [-0.25, -0.2) is 8.42 Å². The Balaban J connectivity index is 1.97. The Morgan fingerprint density at radius 3 is 2.54 bits per heavy atom. The lowest BCUT2D eigenvalue weighted by Gasteiger charge is -2.25. The monoisotopic (exact) mass is 395 g/mol. The van der Waals surface area contributed by atoms with Crippen molar-refractivity contribution in [2.45, 2.75) is 31.6 Å². The maximum Gasteiger partial charge on any atom is 0.250 e. The van der Waals surface area contributed by atoms with E-state index in [-0.39, 0.29) is 34.6 Å². The van der Waals surface area contributed by atoms with Crippen molar-refractivity contribution in [1.29, 1.82) is 0 Å². The third-order valence-corrected chi connectivity index (χ3v) is 8.16. The lowest BCUT2D eigenvalue weighted by atomic mass is 10.1. The molecule has 2 heterocycles. The summed E-state index contributed by atoms with van der Waals surface area (Å²) in [6.45, 7) is 3.83. The number of sulfone groups is 1. The molecule has 2 saturated heterocycles. The molecule has 0 unspecified atom stereocenters. The average molecular weight is 396 g/mol. The number of rotatable bonds is 4. The van der Waals surface area contributed by atoms with Gasteiger partial charge in [-0.2, -0.15) is 4.99 Å². The molecular weight excluding hydrogens is 370 g/mol. The van der Waals surface area contributed by atoms with Gasteiger partial charge in [0.2, 0.25) is 0 Å². The van der Waals surface area contributed by atoms with Gasteiger partial charge in [-0.05, 0) is 30.7 Å². The van der Waals surface area contributed by atoms with Crippen LogP contribution < -0.4 is 9.80 Å². The topological polar surface area (TPSA) is 70.0 Å². The summed E-state index contributed by atoms with van der Waals surface area (Å²) in [5, 5.41) is 0.551. The molecule has 0 bridgehead atoms. The highest BCUT2D eigenvalue weighted by atomic mass is 32.2. The van der Waals surface area contributed by atoms with Crippen LogP contribution in [-0.2, 0) is 14.6 Å². The predicted octanol–water partition coefficient (Wildman–Crippen LogP) is 2.40. The van der Waals surface area contributed by atoms with Gasteiger partial charge in [0.1, 0.15) is 0 Å². The number of benzene rings is 1. The van der Waals surface area contributed by atoms with Crippen LogP contribution in [0.4, 0.5) is 11.4 Å². The van der Waals surface area contributed by atoms with Gasteiger partial charge in [-0.1, -0.05) is 25.6 Å². The zero-order valence-corrected chi connectivity index (χ0v) is 17.2. The average Bonchev–Trinajstić information content (AvgIpc) is 3.04. The largest absolute Gasteiger partial charge is 0.378 e. The van der Waals surface area contributed by atoms with Crippen LogP contribution in [-0.4, -0.2) is 56.4 Å². The second-order valence-electron chi connectivity index (χ2n) is 7.12. The molecule has 142 valence electrons. The number of hydrogen-bond acceptors (Lipinski definition) is 5. The number of anilines is 2. The van der Waals surface area contributed by atoms with E-state index in [1.54, 1.807) is 0 Å². The summed E-state index contributed by atoms with van der Waals surface area (Å²) in [4.78, 5) is 20.6. The molecular formula is C18H25N3O3S2. The van der Waals surface area contributed by atoms with Crippen LogP contribution in [0.25, 0.3) is 0 Å². The van der Waals surface area contributed by atoms with Crippen LogP contribution in [0.3, 0.4) is 0 Å². The summed E-state index contributed by atoms with van der Waals surface area (Å²) in [6, 6.07) is 7.74. The Labute approximate surface area is 159 Å². The molecule has 0 spiro atoms. The van der Waals surface area contributed by atoms with Gasteiger partial charge in [0.25, 0.3) is 5.91 Å². The van der Waals surface area contributed by atoms with Crippen LogP contribution in [0.5, 0.6) is 0 Å². The fourth-order valence-electron chi connectivity index (χ4n) is 3.16. The molecule has 0 saturated carbocycles. The molecule has 1 aromatic rings. The highest BCUT2D eigenvalue weighted by Crippen LogP contribution is 2.41. The van der Waals surface area contributed by atoms with Crippen molar-refractivity contribution in [1.82, 2.24) is 0 Å². The smallest absolute Gasteiger partial charge is 0.250 e. The molecule has 2 aliphatic heterocycles. The SMILES string of the molecule is CC[C@H](C)C(=O)N=C1S[C@H]2CS(=O)(=O)C[C@@H]2N1c1ccc(N(C)C)cc1. The fourth-order valence-corrected chi connectivity index (χ4v) is 7.08. The van der Waals surface area contributed by atoms with E-state index in [1.807, 2.05) is 62.0 Å². The van der Waals surface area contributed by atoms with Crippen molar-refractivity contribution in [2.24, 2.45) is 10.9 Å². The Bertz CT molecular complexity index is 819. The molecule has 0 N–H and O–H groups in total. The van der Waals surface area contributed by atoms with Gasteiger partial charge in [-0.15, -0.1) is 0 Å². The highest BCUT2D eigenvalue weighted by Gasteiger charge is 2.49. The summed E-state index contributed by atoms with van der Waals surface area (Å²) in [6.07, 6.45) is 0.735. The molecule has 1 aromatic carbocycles. The van der Waals surface area contributed by atoms with E-state index >= 15 is 0 Å². The van der Waals surface area contributed by atoms with Crippen molar-refractivity contribution < 1.29 is 13.2 Å². The molecule has 0 aliphatic carbocycles. The molecule has 26 heavy (non-hydrogen) atoms. The van der Waals surface area contributed by atoms with Gasteiger partial charge in [0.05, 0.1) is 17.5 Å². The first kappa shape index (κ1) is 19.2. The van der Waals surface area contributed by atoms with E-state index in [0.717, 1.165) is 17.8 Å². The Kier molecular flexibility index (Phi) is 5.35. The molecule has 1 amide bonds. The molecule has 8 heteroatoms. The van der Waals surface area contributed by atoms with E-state index in [2.05, 4.69) is 4.99 Å². The second-order valence-corrected chi connectivity index (χ2v) is 10.5. The first-order valence-corrected chi connectivity index (χ1v) is 11.5. The third-order valence-electron chi connectivity index (χ3n) is 4.95. The number of carbonyl (C=O) groups is 1. The maximum absolute atomic E-state index is 12.3. The van der Waals surface area contributed by atoms with Crippen LogP contribution in [0, 0.1) is 5.92 Å². The van der Waals surface area contributed by atoms with E-state index in [9.17, 15) is 13.2 Å². The van der Waals surface area contributed by atoms with Crippen LogP contribution in [0.1, 0.15) is 20.3 Å². The van der Waals surface area contributed by atoms with E-state index in [0.29, 0.717) is 5.17 Å². The molecule has 0 aromatic heterocycles. The summed E-state index contributed by atoms with van der Waals surface area (Å²) in [5.41, 5.74) is 1.94. The number of hydrogen-bond donors (Lipinski definition) is 0. The van der Waals surface area contributed by atoms with Crippen molar-refractivity contribution in [3.63, 3.8) is 0 Å². The van der Waals surface area contributed by atoms with Gasteiger partial charge in [0.15, 0.2) is 15.0 Å². The minimum absolute atomic E-state index is 0.0722. The maximum atomic E-state index is 12.3. The van der Waals surface area contributed by atoms with Crippen LogP contribution in [0.15, 0.2) is 29.3 Å². The molecule has 2 aliphatic rings. The normalized spacial score (nSPS) is 26.8. The Morgan fingerprint density at radius 1 is 1.31 bits per heavy atom. The zero-order valence-electron chi connectivity index (χ0n) is 15.5. The third kappa shape index (κ3) is 3.76. The summed E-state index contributed by atoms with van der Waals surface area (Å²) in [7, 11) is 0.889. The molecule has 0 radical (unpaired) electrons. The predicted molar refractivity (Wildman–Crippen MR) is 109 cm³/mol. The number of aliphatic imine (C=N–C) groups is 1. The number of carbonyl (C=O) groups excluding carboxylic acids is 1. The van der Waals surface area contributed by atoms with Gasteiger partial charge in [-0.3, -0.25) is 4.79 Å². The second kappa shape index (κ2) is 7.23. The minimum atomic E-state index is -3.05. The van der Waals surface area contributed by atoms with Crippen molar-refractivity contribution in [3.8, 4) is 0 Å². The van der Waals surface area contributed by atoms with Crippen LogP contribution in [0.2, 0.25) is 0 Å². The number of thioether (sulfide) groups is 1. The molecule has 2 fully saturated rings. The highest BCUT2D eigenvalue weighted by molar-refractivity contribution is 8.16. The number of fused-ring (bicyclic) bond motifs is 1. The first-order chi connectivity index (χ1) is 12.2. The van der Waals surface area contributed by atoms with Crippen LogP contribution >= 0.6 is 11.8 Å². The van der Waals surface area contributed by atoms with Crippen molar-refractivity contribution in [3.05, 3.63) is 24.3 Å². The Morgan fingerprint density at radius 2 is 1.96 bits per heavy atom. The Hall–Kier alpha value is -1.54. The van der Waals surface area contributed by atoms with E-state index < -0.39 is 9.84 Å². The van der Waals surface area contributed by atoms with Crippen molar-refractivity contribution in [2.75, 3.05) is 35.4 Å². The zero-order chi connectivity index (χ0) is 19.1. The summed E-state index contributed by atoms with van der Waals surface area (Å²) < 4.78 is 24.2. The van der Waals surface area contributed by atoms with E-state index in [4.69, 9.17) is 0 Å². The number of amides is 1. The van der Waals surface area contributed by atoms with E-state index in [1.165, 1.54) is 11.8 Å². The number of nitrogens with zero attached hydrogens (tertiary/aromatic N) is 3. The minimum Gasteiger partial charge on any atom is -0.378 e. The summed E-state index contributed by atoms with van der Waals surface area (Å²) in [5.74, 6) is -0.0279. The summed E-state index contributed by atoms with van der Waals surface area (Å²) >= 11 is 1.42. The molecule has 3 rings (SSSR count). The molecule has 3 atom stereocenters. The van der Waals surface area contributed by atoms with Gasteiger partial charge >= 0.3 is 0 Å². The lowest BCUT2D eigenvalue weighted by molar-refractivity contribution is -0.121. The quantitative estimate of drug-likeness (QED) is 0.780. The number of amidine groups is 1. The van der Waals surface area contributed by atoms with Gasteiger partial charge in [0, 0.05) is 36.6 Å². The first-order valence-electron chi connectivity index (χ1n) is 8.78. The fraction of sp³-hybridized carbons (Fsp3) is 0.556. The lowest BCUT2D eigenvalue weighted by Crippen LogP contribution is -2.37. The van der Waals surface area contributed by atoms with Crippen molar-refractivity contribution >= 4 is 44.0 Å². The molecule has 6 nitrogen and oxygen atoms in total.